The molecule has 0 aliphatic carbocycles. The van der Waals surface area contributed by atoms with E-state index in [9.17, 15) is 0 Å². The molecular weight excluding hydrogens is 595 g/mol. The number of pyridine rings is 1. The van der Waals surface area contributed by atoms with Crippen LogP contribution in [0.15, 0.2) is 121 Å². The van der Waals surface area contributed by atoms with Crippen molar-refractivity contribution in [3.8, 4) is 44.8 Å². The SMILES string of the molecule is [Ir].[c-]1ccccc1-c1nc2c(-c3c(-c4ccccc4)cccc3-c3ccccc3)cccn2n1. The minimum Gasteiger partial charge on any atom is -0.257 e. The second kappa shape index (κ2) is 9.56. The molecule has 0 N–H and O–H groups in total. The number of hydrogen-bond acceptors (Lipinski definition) is 2. The molecule has 2 heterocycles. The maximum absolute atomic E-state index is 4.95. The summed E-state index contributed by atoms with van der Waals surface area (Å²) in [6.07, 6.45) is 1.95. The molecule has 0 bridgehead atoms. The summed E-state index contributed by atoms with van der Waals surface area (Å²) in [5.41, 5.74) is 8.58. The van der Waals surface area contributed by atoms with Crippen LogP contribution in [0.3, 0.4) is 0 Å². The minimum atomic E-state index is 0. The molecule has 0 atom stereocenters. The molecule has 0 unspecified atom stereocenters. The Morgan fingerprint density at radius 1 is 0.588 bits per heavy atom. The van der Waals surface area contributed by atoms with E-state index in [-0.39, 0.29) is 20.1 Å². The number of rotatable bonds is 4. The van der Waals surface area contributed by atoms with E-state index in [1.165, 1.54) is 22.3 Å². The van der Waals surface area contributed by atoms with Crippen molar-refractivity contribution in [2.45, 2.75) is 0 Å². The molecule has 0 saturated heterocycles. The Morgan fingerprint density at radius 2 is 1.21 bits per heavy atom. The number of nitrogens with zero attached hydrogens (tertiary/aromatic N) is 3. The molecule has 0 spiro atoms. The van der Waals surface area contributed by atoms with Gasteiger partial charge in [0.05, 0.1) is 5.82 Å². The van der Waals surface area contributed by atoms with E-state index in [1.54, 1.807) is 0 Å². The van der Waals surface area contributed by atoms with Crippen LogP contribution < -0.4 is 0 Å². The van der Waals surface area contributed by atoms with Crippen LogP contribution in [0, 0.1) is 6.07 Å². The molecule has 6 rings (SSSR count). The topological polar surface area (TPSA) is 30.2 Å². The van der Waals surface area contributed by atoms with E-state index in [0.29, 0.717) is 5.82 Å². The van der Waals surface area contributed by atoms with Crippen molar-refractivity contribution in [3.63, 3.8) is 0 Å². The van der Waals surface area contributed by atoms with Crippen molar-refractivity contribution in [3.05, 3.63) is 128 Å². The van der Waals surface area contributed by atoms with Crippen LogP contribution in [0.5, 0.6) is 0 Å². The molecule has 0 aliphatic rings. The molecule has 0 saturated carbocycles. The fourth-order valence-corrected chi connectivity index (χ4v) is 4.31. The van der Waals surface area contributed by atoms with Crippen molar-refractivity contribution in [2.75, 3.05) is 0 Å². The Morgan fingerprint density at radius 3 is 1.82 bits per heavy atom. The predicted octanol–water partition coefficient (Wildman–Crippen LogP) is 7.19. The van der Waals surface area contributed by atoms with Gasteiger partial charge in [0.1, 0.15) is 0 Å². The molecule has 3 nitrogen and oxygen atoms in total. The zero-order valence-corrected chi connectivity index (χ0v) is 20.6. The smallest absolute Gasteiger partial charge is 0.153 e. The van der Waals surface area contributed by atoms with Crippen molar-refractivity contribution >= 4 is 5.65 Å². The molecule has 0 fully saturated rings. The summed E-state index contributed by atoms with van der Waals surface area (Å²) in [5, 5.41) is 4.75. The third-order valence-electron chi connectivity index (χ3n) is 5.82. The second-order valence-electron chi connectivity index (χ2n) is 7.86. The van der Waals surface area contributed by atoms with E-state index >= 15 is 0 Å². The van der Waals surface area contributed by atoms with Gasteiger partial charge >= 0.3 is 0 Å². The second-order valence-corrected chi connectivity index (χ2v) is 7.86. The van der Waals surface area contributed by atoms with E-state index < -0.39 is 0 Å². The third kappa shape index (κ3) is 3.99. The summed E-state index contributed by atoms with van der Waals surface area (Å²) in [5.74, 6) is 0.668. The zero-order chi connectivity index (χ0) is 22.0. The molecule has 0 amide bonds. The third-order valence-corrected chi connectivity index (χ3v) is 5.82. The van der Waals surface area contributed by atoms with Crippen LogP contribution in [0.25, 0.3) is 50.4 Å². The van der Waals surface area contributed by atoms with Gasteiger partial charge < -0.3 is 0 Å². The van der Waals surface area contributed by atoms with Crippen molar-refractivity contribution in [2.24, 2.45) is 0 Å². The predicted molar refractivity (Wildman–Crippen MR) is 134 cm³/mol. The number of fused-ring (bicyclic) bond motifs is 1. The van der Waals surface area contributed by atoms with Crippen molar-refractivity contribution in [1.82, 2.24) is 14.6 Å². The first-order valence-electron chi connectivity index (χ1n) is 11.0. The van der Waals surface area contributed by atoms with Crippen molar-refractivity contribution in [1.29, 1.82) is 0 Å². The van der Waals surface area contributed by atoms with E-state index in [2.05, 4.69) is 78.9 Å². The first-order valence-corrected chi connectivity index (χ1v) is 11.0. The molecule has 4 heteroatoms. The van der Waals surface area contributed by atoms with Gasteiger partial charge in [0.25, 0.3) is 0 Å². The zero-order valence-electron chi connectivity index (χ0n) is 18.2. The molecule has 34 heavy (non-hydrogen) atoms. The average molecular weight is 615 g/mol. The first kappa shape index (κ1) is 22.0. The fraction of sp³-hybridized carbons (Fsp3) is 0. The van der Waals surface area contributed by atoms with Gasteiger partial charge in [0, 0.05) is 37.4 Å². The van der Waals surface area contributed by atoms with Crippen LogP contribution >= 0.6 is 0 Å². The van der Waals surface area contributed by atoms with Gasteiger partial charge in [-0.1, -0.05) is 78.9 Å². The number of aromatic nitrogens is 3. The van der Waals surface area contributed by atoms with Crippen molar-refractivity contribution < 1.29 is 20.1 Å². The van der Waals surface area contributed by atoms with Crippen LogP contribution in [0.2, 0.25) is 0 Å². The Balaban J connectivity index is 0.00000241. The molecule has 165 valence electrons. The van der Waals surface area contributed by atoms with Gasteiger partial charge in [-0.15, -0.1) is 35.9 Å². The quantitative estimate of drug-likeness (QED) is 0.197. The summed E-state index contributed by atoms with van der Waals surface area (Å²) in [4.78, 5) is 4.95. The van der Waals surface area contributed by atoms with E-state index in [4.69, 9.17) is 10.1 Å². The molecule has 0 aliphatic heterocycles. The van der Waals surface area contributed by atoms with Crippen LogP contribution in [0.1, 0.15) is 0 Å². The summed E-state index contributed by atoms with van der Waals surface area (Å²) < 4.78 is 1.86. The Bertz CT molecular complexity index is 1480. The monoisotopic (exact) mass is 615 g/mol. The molecule has 1 radical (unpaired) electrons. The van der Waals surface area contributed by atoms with Gasteiger partial charge in [-0.2, -0.15) is 5.10 Å². The Kier molecular flexibility index (Phi) is 6.18. The van der Waals surface area contributed by atoms with Crippen LogP contribution in [-0.4, -0.2) is 14.6 Å². The molecule has 4 aromatic carbocycles. The molecule has 6 aromatic rings. The van der Waals surface area contributed by atoms with E-state index in [0.717, 1.165) is 22.3 Å². The maximum Gasteiger partial charge on any atom is 0.153 e. The number of benzene rings is 4. The van der Waals surface area contributed by atoms with Crippen LogP contribution in [0.4, 0.5) is 0 Å². The molecular formula is C30H20IrN3-. The first-order chi connectivity index (χ1) is 16.4. The summed E-state index contributed by atoms with van der Waals surface area (Å²) >= 11 is 0. The molecule has 2 aromatic heterocycles. The largest absolute Gasteiger partial charge is 0.257 e. The fourth-order valence-electron chi connectivity index (χ4n) is 4.31. The minimum absolute atomic E-state index is 0. The standard InChI is InChI=1S/C30H20N3.Ir/c1-4-12-22(13-5-1)25-18-10-19-26(23-14-6-2-7-15-23)28(25)27-20-11-21-33-30(27)31-29(32-33)24-16-8-3-9-17-24;/h1-16,18-21H;/q-1;. The van der Waals surface area contributed by atoms with Gasteiger partial charge in [0.15, 0.2) is 5.65 Å². The summed E-state index contributed by atoms with van der Waals surface area (Å²) in [6, 6.07) is 42.7. The normalized spacial score (nSPS) is 10.7. The number of hydrogen-bond donors (Lipinski definition) is 0. The van der Waals surface area contributed by atoms with Gasteiger partial charge in [-0.3, -0.25) is 4.98 Å². The summed E-state index contributed by atoms with van der Waals surface area (Å²) in [6.45, 7) is 0. The van der Waals surface area contributed by atoms with Gasteiger partial charge in [0.2, 0.25) is 0 Å². The Labute approximate surface area is 212 Å². The average Bonchev–Trinajstić information content (AvgIpc) is 3.35. The van der Waals surface area contributed by atoms with Gasteiger partial charge in [-0.05, 0) is 34.4 Å². The van der Waals surface area contributed by atoms with E-state index in [1.807, 2.05) is 53.2 Å². The van der Waals surface area contributed by atoms with Crippen LogP contribution in [-0.2, 0) is 20.1 Å². The Hall–Kier alpha value is -3.85. The summed E-state index contributed by atoms with van der Waals surface area (Å²) in [7, 11) is 0. The van der Waals surface area contributed by atoms with Gasteiger partial charge in [-0.25, -0.2) is 4.52 Å². The maximum atomic E-state index is 4.95.